The molecule has 2 amide bonds. The molecule has 7 heteroatoms. The summed E-state index contributed by atoms with van der Waals surface area (Å²) in [4.78, 5) is 27.9. The summed E-state index contributed by atoms with van der Waals surface area (Å²) in [6.07, 6.45) is 2.29. The van der Waals surface area contributed by atoms with Crippen molar-refractivity contribution < 1.29 is 9.59 Å². The van der Waals surface area contributed by atoms with Gasteiger partial charge in [0.2, 0.25) is 0 Å². The predicted molar refractivity (Wildman–Crippen MR) is 71.8 cm³/mol. The highest BCUT2D eigenvalue weighted by molar-refractivity contribution is 7.13. The van der Waals surface area contributed by atoms with Gasteiger partial charge < -0.3 is 5.32 Å². The fourth-order valence-corrected chi connectivity index (χ4v) is 2.51. The van der Waals surface area contributed by atoms with Crippen LogP contribution in [0.25, 0.3) is 0 Å². The van der Waals surface area contributed by atoms with Crippen molar-refractivity contribution in [2.24, 2.45) is 0 Å². The molecule has 2 aromatic heterocycles. The van der Waals surface area contributed by atoms with E-state index in [2.05, 4.69) is 15.6 Å². The monoisotopic (exact) mass is 281 g/mol. The molecule has 94 valence electrons. The van der Waals surface area contributed by atoms with Gasteiger partial charge in [0.1, 0.15) is 0 Å². The van der Waals surface area contributed by atoms with E-state index in [9.17, 15) is 9.59 Å². The van der Waals surface area contributed by atoms with Gasteiger partial charge in [0, 0.05) is 23.0 Å². The Balaban J connectivity index is 1.72. The standard InChI is InChI=1S/C11H11N3O2S2/c15-9(10(16)14-11-13-5-7-18-11)12-4-3-8-2-1-6-17-8/h1-2,5-7H,3-4H2,(H,12,15)(H,13,14,16). The Kier molecular flexibility index (Phi) is 4.43. The molecule has 0 spiro atoms. The third-order valence-electron chi connectivity index (χ3n) is 2.10. The van der Waals surface area contributed by atoms with E-state index in [1.807, 2.05) is 17.5 Å². The zero-order valence-electron chi connectivity index (χ0n) is 9.38. The molecule has 0 atom stereocenters. The topological polar surface area (TPSA) is 71.1 Å². The van der Waals surface area contributed by atoms with Crippen molar-refractivity contribution in [3.63, 3.8) is 0 Å². The van der Waals surface area contributed by atoms with Crippen molar-refractivity contribution in [1.29, 1.82) is 0 Å². The third kappa shape index (κ3) is 3.64. The molecule has 2 heterocycles. The number of anilines is 1. The molecule has 0 unspecified atom stereocenters. The molecular formula is C11H11N3O2S2. The second-order valence-corrected chi connectivity index (χ2v) is 5.30. The number of hydrogen-bond acceptors (Lipinski definition) is 5. The van der Waals surface area contributed by atoms with Gasteiger partial charge in [-0.3, -0.25) is 14.9 Å². The number of carbonyl (C=O) groups excluding carboxylic acids is 2. The van der Waals surface area contributed by atoms with Gasteiger partial charge in [-0.25, -0.2) is 4.98 Å². The number of hydrogen-bond donors (Lipinski definition) is 2. The van der Waals surface area contributed by atoms with Gasteiger partial charge in [0.05, 0.1) is 0 Å². The molecule has 0 fully saturated rings. The summed E-state index contributed by atoms with van der Waals surface area (Å²) in [6.45, 7) is 0.449. The Hall–Kier alpha value is -1.73. The average Bonchev–Trinajstić information content (AvgIpc) is 3.01. The lowest BCUT2D eigenvalue weighted by Gasteiger charge is -2.03. The maximum Gasteiger partial charge on any atom is 0.315 e. The van der Waals surface area contributed by atoms with E-state index in [1.54, 1.807) is 22.9 Å². The van der Waals surface area contributed by atoms with E-state index in [1.165, 1.54) is 16.2 Å². The largest absolute Gasteiger partial charge is 0.347 e. The molecular weight excluding hydrogens is 270 g/mol. The van der Waals surface area contributed by atoms with Gasteiger partial charge in [0.25, 0.3) is 0 Å². The first-order chi connectivity index (χ1) is 8.75. The normalized spacial score (nSPS) is 10.0. The summed E-state index contributed by atoms with van der Waals surface area (Å²) < 4.78 is 0. The first-order valence-electron chi connectivity index (χ1n) is 5.27. The van der Waals surface area contributed by atoms with Crippen LogP contribution >= 0.6 is 22.7 Å². The van der Waals surface area contributed by atoms with Gasteiger partial charge in [-0.2, -0.15) is 0 Å². The molecule has 0 bridgehead atoms. The maximum atomic E-state index is 11.5. The molecule has 0 saturated carbocycles. The maximum absolute atomic E-state index is 11.5. The molecule has 2 N–H and O–H groups in total. The van der Waals surface area contributed by atoms with Crippen molar-refractivity contribution in [1.82, 2.24) is 10.3 Å². The number of carbonyl (C=O) groups is 2. The molecule has 2 aromatic rings. The fourth-order valence-electron chi connectivity index (χ4n) is 1.27. The van der Waals surface area contributed by atoms with Crippen molar-refractivity contribution in [2.75, 3.05) is 11.9 Å². The van der Waals surface area contributed by atoms with Crippen LogP contribution < -0.4 is 10.6 Å². The highest BCUT2D eigenvalue weighted by Crippen LogP contribution is 2.10. The van der Waals surface area contributed by atoms with Crippen LogP contribution in [0.4, 0.5) is 5.13 Å². The van der Waals surface area contributed by atoms with Crippen LogP contribution in [-0.4, -0.2) is 23.3 Å². The minimum absolute atomic E-state index is 0.424. The summed E-state index contributed by atoms with van der Waals surface area (Å²) in [7, 11) is 0. The lowest BCUT2D eigenvalue weighted by atomic mass is 10.3. The molecule has 0 radical (unpaired) electrons. The van der Waals surface area contributed by atoms with Crippen LogP contribution in [0, 0.1) is 0 Å². The molecule has 0 aromatic carbocycles. The molecule has 0 aliphatic heterocycles. The fraction of sp³-hybridized carbons (Fsp3) is 0.182. The zero-order chi connectivity index (χ0) is 12.8. The Labute approximate surface area is 112 Å². The second-order valence-electron chi connectivity index (χ2n) is 3.38. The lowest BCUT2D eigenvalue weighted by Crippen LogP contribution is -2.36. The molecule has 2 rings (SSSR count). The van der Waals surface area contributed by atoms with Crippen LogP contribution in [0.15, 0.2) is 29.1 Å². The number of thiophene rings is 1. The highest BCUT2D eigenvalue weighted by Gasteiger charge is 2.13. The SMILES string of the molecule is O=C(NCCc1cccs1)C(=O)Nc1nccs1. The Morgan fingerprint density at radius 1 is 1.22 bits per heavy atom. The summed E-state index contributed by atoms with van der Waals surface area (Å²) in [5.41, 5.74) is 0. The number of amides is 2. The quantitative estimate of drug-likeness (QED) is 0.834. The van der Waals surface area contributed by atoms with Gasteiger partial charge in [0.15, 0.2) is 5.13 Å². The molecule has 5 nitrogen and oxygen atoms in total. The van der Waals surface area contributed by atoms with Gasteiger partial charge in [-0.05, 0) is 17.9 Å². The first kappa shape index (κ1) is 12.7. The van der Waals surface area contributed by atoms with E-state index in [4.69, 9.17) is 0 Å². The summed E-state index contributed by atoms with van der Waals surface area (Å²) >= 11 is 2.90. The molecule has 0 saturated heterocycles. The van der Waals surface area contributed by atoms with Crippen LogP contribution in [-0.2, 0) is 16.0 Å². The Morgan fingerprint density at radius 2 is 2.11 bits per heavy atom. The van der Waals surface area contributed by atoms with Gasteiger partial charge in [-0.15, -0.1) is 22.7 Å². The van der Waals surface area contributed by atoms with Gasteiger partial charge >= 0.3 is 11.8 Å². The summed E-state index contributed by atoms with van der Waals surface area (Å²) in [5.74, 6) is -1.32. The second kappa shape index (κ2) is 6.27. The predicted octanol–water partition coefficient (Wildman–Crippen LogP) is 1.50. The number of nitrogens with one attached hydrogen (secondary N) is 2. The third-order valence-corrected chi connectivity index (χ3v) is 3.72. The Morgan fingerprint density at radius 3 is 2.78 bits per heavy atom. The number of rotatable bonds is 4. The van der Waals surface area contributed by atoms with Crippen molar-refractivity contribution in [3.05, 3.63) is 34.0 Å². The summed E-state index contributed by atoms with van der Waals surface area (Å²) in [6, 6.07) is 3.95. The van der Waals surface area contributed by atoms with Crippen LogP contribution in [0.3, 0.4) is 0 Å². The minimum Gasteiger partial charge on any atom is -0.347 e. The minimum atomic E-state index is -0.684. The molecule has 0 aliphatic carbocycles. The van der Waals surface area contributed by atoms with Crippen LogP contribution in [0.5, 0.6) is 0 Å². The van der Waals surface area contributed by atoms with E-state index in [0.717, 1.165) is 6.42 Å². The van der Waals surface area contributed by atoms with E-state index in [-0.39, 0.29) is 0 Å². The average molecular weight is 281 g/mol. The number of nitrogens with zero attached hydrogens (tertiary/aromatic N) is 1. The molecule has 0 aliphatic rings. The number of thiazole rings is 1. The van der Waals surface area contributed by atoms with E-state index < -0.39 is 11.8 Å². The van der Waals surface area contributed by atoms with Crippen molar-refractivity contribution >= 4 is 39.6 Å². The van der Waals surface area contributed by atoms with E-state index >= 15 is 0 Å². The van der Waals surface area contributed by atoms with Crippen LogP contribution in [0.2, 0.25) is 0 Å². The van der Waals surface area contributed by atoms with Gasteiger partial charge in [-0.1, -0.05) is 6.07 Å². The van der Waals surface area contributed by atoms with Crippen molar-refractivity contribution in [3.8, 4) is 0 Å². The zero-order valence-corrected chi connectivity index (χ0v) is 11.0. The van der Waals surface area contributed by atoms with E-state index in [0.29, 0.717) is 11.7 Å². The Bertz CT molecular complexity index is 508. The number of aromatic nitrogens is 1. The molecule has 18 heavy (non-hydrogen) atoms. The van der Waals surface area contributed by atoms with Crippen LogP contribution in [0.1, 0.15) is 4.88 Å². The van der Waals surface area contributed by atoms with Crippen molar-refractivity contribution in [2.45, 2.75) is 6.42 Å². The smallest absolute Gasteiger partial charge is 0.315 e. The lowest BCUT2D eigenvalue weighted by molar-refractivity contribution is -0.136. The first-order valence-corrected chi connectivity index (χ1v) is 7.02. The summed E-state index contributed by atoms with van der Waals surface area (Å²) in [5, 5.41) is 9.12. The highest BCUT2D eigenvalue weighted by atomic mass is 32.1.